The Kier molecular flexibility index (Phi) is 7.10. The maximum atomic E-state index is 10.0. The fraction of sp³-hybridized carbons (Fsp3) is 0.600. The number of hydrogen-bond acceptors (Lipinski definition) is 2. The summed E-state index contributed by atoms with van der Waals surface area (Å²) >= 11 is 0. The van der Waals surface area contributed by atoms with Crippen LogP contribution in [0, 0.1) is 0 Å². The molecule has 0 aromatic heterocycles. The third-order valence-electron chi connectivity index (χ3n) is 0.498. The van der Waals surface area contributed by atoms with Gasteiger partial charge in [-0.3, -0.25) is 9.59 Å². The summed E-state index contributed by atoms with van der Waals surface area (Å²) in [6.45, 7) is 2.81. The summed E-state index contributed by atoms with van der Waals surface area (Å²) in [6.07, 6.45) is 0.0833. The molecular weight excluding hydrogens is 140 g/mol. The van der Waals surface area contributed by atoms with E-state index in [0.717, 1.165) is 0 Å². The molecule has 8 heavy (non-hydrogen) atoms. The van der Waals surface area contributed by atoms with Crippen LogP contribution in [0.1, 0.15) is 20.3 Å². The summed E-state index contributed by atoms with van der Waals surface area (Å²) in [7, 11) is 0. The molecule has 0 saturated heterocycles. The van der Waals surface area contributed by atoms with Gasteiger partial charge in [-0.1, -0.05) is 0 Å². The van der Waals surface area contributed by atoms with Gasteiger partial charge < -0.3 is 0 Å². The largest absolute Gasteiger partial charge is 2.00 e. The molecule has 0 N–H and O–H groups in total. The number of carbonyl (C=O) groups excluding carboxylic acids is 2. The number of Topliss-reactive ketones (excluding diaryl/α,β-unsaturated/α-hetero) is 2. The van der Waals surface area contributed by atoms with Crippen molar-refractivity contribution < 1.29 is 31.3 Å². The van der Waals surface area contributed by atoms with E-state index < -0.39 is 0 Å². The van der Waals surface area contributed by atoms with Gasteiger partial charge >= 0.3 is 21.7 Å². The first-order chi connectivity index (χ1) is 3.13. The molecule has 0 amide bonds. The molecule has 0 saturated carbocycles. The van der Waals surface area contributed by atoms with Gasteiger partial charge in [0.1, 0.15) is 11.6 Å². The molecule has 0 radical (unpaired) electrons. The molecule has 0 aromatic carbocycles. The van der Waals surface area contributed by atoms with Crippen molar-refractivity contribution in [1.82, 2.24) is 0 Å². The van der Waals surface area contributed by atoms with Crippen LogP contribution in [0.25, 0.3) is 0 Å². The van der Waals surface area contributed by atoms with Gasteiger partial charge in [-0.2, -0.15) is 0 Å². The summed E-state index contributed by atoms with van der Waals surface area (Å²) in [5.74, 6) is -0.125. The standard InChI is InChI=1S/C5H8O2.Ti/c1-4(6)3-5(2)7;/h3H2,1-2H3;/q;+2. The molecule has 0 aromatic rings. The second-order valence-corrected chi connectivity index (χ2v) is 1.58. The monoisotopic (exact) mass is 148 g/mol. The van der Waals surface area contributed by atoms with E-state index in [-0.39, 0.29) is 39.7 Å². The zero-order valence-corrected chi connectivity index (χ0v) is 6.59. The molecule has 0 aliphatic rings. The van der Waals surface area contributed by atoms with Crippen molar-refractivity contribution in [1.29, 1.82) is 0 Å². The van der Waals surface area contributed by atoms with E-state index >= 15 is 0 Å². The summed E-state index contributed by atoms with van der Waals surface area (Å²) in [5.41, 5.74) is 0. The van der Waals surface area contributed by atoms with Gasteiger partial charge in [0.2, 0.25) is 0 Å². The molecule has 2 nitrogen and oxygen atoms in total. The SMILES string of the molecule is CC(=O)CC(C)=O.[Ti+2]. The van der Waals surface area contributed by atoms with Crippen molar-refractivity contribution >= 4 is 11.6 Å². The van der Waals surface area contributed by atoms with E-state index in [1.165, 1.54) is 13.8 Å². The van der Waals surface area contributed by atoms with E-state index in [0.29, 0.717) is 0 Å². The van der Waals surface area contributed by atoms with Crippen molar-refractivity contribution in [2.24, 2.45) is 0 Å². The Morgan fingerprint density at radius 2 is 1.38 bits per heavy atom. The molecule has 0 aliphatic heterocycles. The Morgan fingerprint density at radius 1 is 1.12 bits per heavy atom. The van der Waals surface area contributed by atoms with E-state index in [1.807, 2.05) is 0 Å². The number of ketones is 2. The van der Waals surface area contributed by atoms with Gasteiger partial charge in [0.25, 0.3) is 0 Å². The summed E-state index contributed by atoms with van der Waals surface area (Å²) < 4.78 is 0. The fourth-order valence-electron chi connectivity index (χ4n) is 0.351. The first-order valence-corrected chi connectivity index (χ1v) is 2.12. The Hall–Kier alpha value is 0.0543. The molecule has 0 atom stereocenters. The van der Waals surface area contributed by atoms with Crippen LogP contribution in [0.5, 0.6) is 0 Å². The Labute approximate surface area is 63.5 Å². The normalized spacial score (nSPS) is 7.25. The maximum absolute atomic E-state index is 10.0. The van der Waals surface area contributed by atoms with E-state index in [9.17, 15) is 9.59 Å². The Morgan fingerprint density at radius 3 is 1.38 bits per heavy atom. The van der Waals surface area contributed by atoms with Crippen molar-refractivity contribution in [3.8, 4) is 0 Å². The van der Waals surface area contributed by atoms with Crippen molar-refractivity contribution in [3.63, 3.8) is 0 Å². The fourth-order valence-corrected chi connectivity index (χ4v) is 0.351. The first-order valence-electron chi connectivity index (χ1n) is 2.12. The van der Waals surface area contributed by atoms with Crippen LogP contribution in [0.4, 0.5) is 0 Å². The van der Waals surface area contributed by atoms with Crippen molar-refractivity contribution in [2.45, 2.75) is 20.3 Å². The van der Waals surface area contributed by atoms with Crippen LogP contribution in [0.15, 0.2) is 0 Å². The topological polar surface area (TPSA) is 34.1 Å². The molecule has 0 rings (SSSR count). The quantitative estimate of drug-likeness (QED) is 0.423. The minimum atomic E-state index is -0.0625. The average molecular weight is 148 g/mol. The van der Waals surface area contributed by atoms with Crippen molar-refractivity contribution in [3.05, 3.63) is 0 Å². The Balaban J connectivity index is 0. The number of rotatable bonds is 2. The molecule has 0 heterocycles. The molecule has 0 bridgehead atoms. The summed E-state index contributed by atoms with van der Waals surface area (Å²) in [6, 6.07) is 0. The van der Waals surface area contributed by atoms with Crippen LogP contribution in [-0.2, 0) is 31.3 Å². The maximum Gasteiger partial charge on any atom is 2.00 e. The van der Waals surface area contributed by atoms with E-state index in [2.05, 4.69) is 0 Å². The predicted octanol–water partition coefficient (Wildman–Crippen LogP) is 0.552. The van der Waals surface area contributed by atoms with Gasteiger partial charge in [-0.25, -0.2) is 0 Å². The summed E-state index contributed by atoms with van der Waals surface area (Å²) in [5, 5.41) is 0. The second-order valence-electron chi connectivity index (χ2n) is 1.58. The van der Waals surface area contributed by atoms with Gasteiger partial charge in [0, 0.05) is 0 Å². The first kappa shape index (κ1) is 10.9. The van der Waals surface area contributed by atoms with Crippen LogP contribution < -0.4 is 0 Å². The number of hydrogen-bond donors (Lipinski definition) is 0. The van der Waals surface area contributed by atoms with Crippen LogP contribution in [0.3, 0.4) is 0 Å². The number of carbonyl (C=O) groups is 2. The minimum Gasteiger partial charge on any atom is -0.300 e. The van der Waals surface area contributed by atoms with Gasteiger partial charge in [0.15, 0.2) is 0 Å². The third-order valence-corrected chi connectivity index (χ3v) is 0.498. The van der Waals surface area contributed by atoms with Crippen molar-refractivity contribution in [2.75, 3.05) is 0 Å². The van der Waals surface area contributed by atoms with E-state index in [4.69, 9.17) is 0 Å². The molecule has 0 unspecified atom stereocenters. The molecule has 0 aliphatic carbocycles. The zero-order valence-electron chi connectivity index (χ0n) is 5.02. The van der Waals surface area contributed by atoms with Crippen LogP contribution >= 0.6 is 0 Å². The third kappa shape index (κ3) is 9.41. The Bertz CT molecular complexity index is 86.6. The minimum absolute atomic E-state index is 0. The van der Waals surface area contributed by atoms with Crippen LogP contribution in [0.2, 0.25) is 0 Å². The molecule has 0 spiro atoms. The molecule has 3 heteroatoms. The molecule has 42 valence electrons. The van der Waals surface area contributed by atoms with Gasteiger partial charge in [-0.15, -0.1) is 0 Å². The van der Waals surface area contributed by atoms with Crippen LogP contribution in [-0.4, -0.2) is 11.6 Å². The summed E-state index contributed by atoms with van der Waals surface area (Å²) in [4.78, 5) is 20.1. The van der Waals surface area contributed by atoms with Gasteiger partial charge in [-0.05, 0) is 13.8 Å². The second kappa shape index (κ2) is 5.20. The molecule has 0 fully saturated rings. The van der Waals surface area contributed by atoms with E-state index in [1.54, 1.807) is 0 Å². The molecular formula is C5H8O2Ti+2. The smallest absolute Gasteiger partial charge is 0.300 e. The average Bonchev–Trinajstić information content (AvgIpc) is 1.27. The zero-order chi connectivity index (χ0) is 5.86. The van der Waals surface area contributed by atoms with Gasteiger partial charge in [0.05, 0.1) is 6.42 Å². The predicted molar refractivity (Wildman–Crippen MR) is 26.0 cm³/mol.